The number of amides is 1. The number of nitrogens with zero attached hydrogens (tertiary/aromatic N) is 1. The van der Waals surface area contributed by atoms with Gasteiger partial charge in [-0.05, 0) is 84.2 Å². The van der Waals surface area contributed by atoms with Crippen molar-refractivity contribution in [3.05, 3.63) is 65.2 Å². The summed E-state index contributed by atoms with van der Waals surface area (Å²) in [4.78, 5) is 15.7. The van der Waals surface area contributed by atoms with Crippen LogP contribution in [-0.4, -0.2) is 29.0 Å². The number of carbonyl (C=O) groups is 1. The molecule has 3 nitrogen and oxygen atoms in total. The van der Waals surface area contributed by atoms with Gasteiger partial charge in [0.1, 0.15) is 5.75 Å². The second-order valence-electron chi connectivity index (χ2n) is 11.4. The number of hydrogen-bond donors (Lipinski definition) is 1. The van der Waals surface area contributed by atoms with Gasteiger partial charge in [-0.15, -0.1) is 0 Å². The molecule has 4 rings (SSSR count). The van der Waals surface area contributed by atoms with E-state index in [1.165, 1.54) is 17.5 Å². The van der Waals surface area contributed by atoms with Gasteiger partial charge in [0, 0.05) is 24.1 Å². The highest BCUT2D eigenvalue weighted by molar-refractivity contribution is 5.94. The minimum absolute atomic E-state index is 0.0576. The summed E-state index contributed by atoms with van der Waals surface area (Å²) in [6.07, 6.45) is 6.45. The smallest absolute Gasteiger partial charge is 0.253 e. The van der Waals surface area contributed by atoms with Crippen molar-refractivity contribution < 1.29 is 9.90 Å². The van der Waals surface area contributed by atoms with Gasteiger partial charge in [-0.1, -0.05) is 71.7 Å². The Hall–Kier alpha value is -2.29. The number of aromatic hydroxyl groups is 1. The highest BCUT2D eigenvalue weighted by Gasteiger charge is 2.66. The van der Waals surface area contributed by atoms with E-state index in [0.717, 1.165) is 37.7 Å². The summed E-state index contributed by atoms with van der Waals surface area (Å²) in [7, 11) is 2.02. The summed E-state index contributed by atoms with van der Waals surface area (Å²) in [5, 5.41) is 10.6. The van der Waals surface area contributed by atoms with Gasteiger partial charge < -0.3 is 10.0 Å². The first kappa shape index (κ1) is 24.8. The molecule has 0 radical (unpaired) electrons. The number of carbonyl (C=O) groups excluding carboxylic acids is 1. The molecule has 1 amide bonds. The zero-order chi connectivity index (χ0) is 24.7. The molecular weight excluding hydrogens is 418 g/mol. The first-order valence-corrected chi connectivity index (χ1v) is 13.4. The van der Waals surface area contributed by atoms with Crippen LogP contribution < -0.4 is 0 Å². The van der Waals surface area contributed by atoms with Crippen molar-refractivity contribution in [2.45, 2.75) is 84.6 Å². The summed E-state index contributed by atoms with van der Waals surface area (Å²) in [5.74, 6) is 1.88. The van der Waals surface area contributed by atoms with Crippen LogP contribution in [0.5, 0.6) is 5.75 Å². The molecule has 34 heavy (non-hydrogen) atoms. The third-order valence-electron chi connectivity index (χ3n) is 9.62. The first-order valence-electron chi connectivity index (χ1n) is 13.4. The zero-order valence-electron chi connectivity index (χ0n) is 22.0. The van der Waals surface area contributed by atoms with E-state index in [1.54, 1.807) is 0 Å². The minimum Gasteiger partial charge on any atom is -0.508 e. The van der Waals surface area contributed by atoms with Gasteiger partial charge in [-0.3, -0.25) is 4.79 Å². The Balaban J connectivity index is 1.90. The normalized spacial score (nSPS) is 30.9. The Morgan fingerprint density at radius 2 is 1.82 bits per heavy atom. The lowest BCUT2D eigenvalue weighted by Gasteiger charge is -2.57. The highest BCUT2D eigenvalue weighted by atomic mass is 16.3. The average molecular weight is 462 g/mol. The lowest BCUT2D eigenvalue weighted by molar-refractivity contribution is 0.0129. The average Bonchev–Trinajstić information content (AvgIpc) is 3.06. The van der Waals surface area contributed by atoms with Crippen molar-refractivity contribution in [1.82, 2.24) is 4.90 Å². The molecule has 2 aliphatic carbocycles. The quantitative estimate of drug-likeness (QED) is 0.473. The standard InChI is InChI=1S/C31H43NO2/c1-7-12-27(32(6)29(34)23-13-10-9-11-14-23)28-21(3)20-30(5)22(4)18-24-15-16-25(33)19-26(24)31(28,30)17-8-2/h9-11,13-16,19,21-22,27-28,33H,7-8,12,17-18,20H2,1-6H3. The summed E-state index contributed by atoms with van der Waals surface area (Å²) in [6, 6.07) is 16.0. The summed E-state index contributed by atoms with van der Waals surface area (Å²) in [6.45, 7) is 11.9. The molecule has 0 saturated heterocycles. The van der Waals surface area contributed by atoms with Crippen molar-refractivity contribution >= 4 is 5.91 Å². The molecule has 1 saturated carbocycles. The second kappa shape index (κ2) is 9.40. The van der Waals surface area contributed by atoms with Crippen LogP contribution in [0.15, 0.2) is 48.5 Å². The van der Waals surface area contributed by atoms with Crippen LogP contribution in [0.25, 0.3) is 0 Å². The number of hydrogen-bond acceptors (Lipinski definition) is 2. The third-order valence-corrected chi connectivity index (χ3v) is 9.62. The highest BCUT2D eigenvalue weighted by Crippen LogP contribution is 2.69. The SMILES string of the molecule is CCCC(C1C(C)CC2(C)C(C)Cc3ccc(O)cc3C12CCC)N(C)C(=O)c1ccccc1. The molecule has 6 unspecified atom stereocenters. The molecule has 6 atom stereocenters. The van der Waals surface area contributed by atoms with E-state index in [9.17, 15) is 9.90 Å². The molecule has 2 aromatic carbocycles. The maximum Gasteiger partial charge on any atom is 0.253 e. The lowest BCUT2D eigenvalue weighted by Crippen LogP contribution is -2.57. The van der Waals surface area contributed by atoms with Crippen LogP contribution in [0, 0.1) is 23.2 Å². The van der Waals surface area contributed by atoms with Crippen LogP contribution in [0.3, 0.4) is 0 Å². The topological polar surface area (TPSA) is 40.5 Å². The molecular formula is C31H43NO2. The van der Waals surface area contributed by atoms with Gasteiger partial charge in [0.25, 0.3) is 5.91 Å². The maximum atomic E-state index is 13.7. The lowest BCUT2D eigenvalue weighted by atomic mass is 9.48. The molecule has 1 fully saturated rings. The Bertz CT molecular complexity index is 1020. The molecule has 0 spiro atoms. The van der Waals surface area contributed by atoms with Gasteiger partial charge in [0.15, 0.2) is 0 Å². The molecule has 0 aliphatic heterocycles. The first-order chi connectivity index (χ1) is 16.2. The van der Waals surface area contributed by atoms with Crippen LogP contribution in [0.2, 0.25) is 0 Å². The van der Waals surface area contributed by atoms with Gasteiger partial charge >= 0.3 is 0 Å². The van der Waals surface area contributed by atoms with Gasteiger partial charge in [-0.2, -0.15) is 0 Å². The molecule has 2 aliphatic rings. The van der Waals surface area contributed by atoms with Gasteiger partial charge in [-0.25, -0.2) is 0 Å². The maximum absolute atomic E-state index is 13.7. The Morgan fingerprint density at radius 3 is 2.47 bits per heavy atom. The van der Waals surface area contributed by atoms with Crippen molar-refractivity contribution in [2.24, 2.45) is 23.2 Å². The van der Waals surface area contributed by atoms with Crippen molar-refractivity contribution in [2.75, 3.05) is 7.05 Å². The minimum atomic E-state index is -0.0576. The van der Waals surface area contributed by atoms with Crippen molar-refractivity contribution in [3.63, 3.8) is 0 Å². The second-order valence-corrected chi connectivity index (χ2v) is 11.4. The predicted molar refractivity (Wildman–Crippen MR) is 140 cm³/mol. The molecule has 2 aromatic rings. The fraction of sp³-hybridized carbons (Fsp3) is 0.581. The summed E-state index contributed by atoms with van der Waals surface area (Å²) >= 11 is 0. The predicted octanol–water partition coefficient (Wildman–Crippen LogP) is 7.23. The third kappa shape index (κ3) is 3.67. The van der Waals surface area contributed by atoms with E-state index in [-0.39, 0.29) is 22.8 Å². The van der Waals surface area contributed by atoms with Gasteiger partial charge in [0.05, 0.1) is 0 Å². The fourth-order valence-electron chi connectivity index (χ4n) is 8.22. The molecule has 184 valence electrons. The van der Waals surface area contributed by atoms with Crippen molar-refractivity contribution in [1.29, 1.82) is 0 Å². The van der Waals surface area contributed by atoms with E-state index >= 15 is 0 Å². The zero-order valence-corrected chi connectivity index (χ0v) is 22.0. The van der Waals surface area contributed by atoms with E-state index in [1.807, 2.05) is 43.4 Å². The molecule has 1 N–H and O–H groups in total. The Morgan fingerprint density at radius 1 is 1.12 bits per heavy atom. The van der Waals surface area contributed by atoms with Crippen LogP contribution >= 0.6 is 0 Å². The van der Waals surface area contributed by atoms with E-state index < -0.39 is 0 Å². The number of phenolic OH excluding ortho intramolecular Hbond substituents is 1. The Kier molecular flexibility index (Phi) is 6.86. The number of phenols is 1. The molecule has 0 heterocycles. The van der Waals surface area contributed by atoms with E-state index in [0.29, 0.717) is 23.5 Å². The van der Waals surface area contributed by atoms with Gasteiger partial charge in [0.2, 0.25) is 0 Å². The molecule has 0 bridgehead atoms. The number of fused-ring (bicyclic) bond motifs is 3. The van der Waals surface area contributed by atoms with E-state index in [2.05, 4.69) is 51.7 Å². The number of rotatable bonds is 7. The largest absolute Gasteiger partial charge is 0.508 e. The fourth-order valence-corrected chi connectivity index (χ4v) is 8.22. The monoisotopic (exact) mass is 461 g/mol. The summed E-state index contributed by atoms with van der Waals surface area (Å²) in [5.41, 5.74) is 3.58. The van der Waals surface area contributed by atoms with Crippen molar-refractivity contribution in [3.8, 4) is 5.75 Å². The molecule has 0 aromatic heterocycles. The molecule has 3 heteroatoms. The van der Waals surface area contributed by atoms with Crippen LogP contribution in [-0.2, 0) is 11.8 Å². The summed E-state index contributed by atoms with van der Waals surface area (Å²) < 4.78 is 0. The van der Waals surface area contributed by atoms with E-state index in [4.69, 9.17) is 0 Å². The van der Waals surface area contributed by atoms with Crippen LogP contribution in [0.1, 0.15) is 88.2 Å². The van der Waals surface area contributed by atoms with Crippen LogP contribution in [0.4, 0.5) is 0 Å². The Labute approximate surface area is 206 Å². The number of benzene rings is 2.